The Morgan fingerprint density at radius 2 is 2.30 bits per heavy atom. The van der Waals surface area contributed by atoms with Crippen LogP contribution in [0.2, 0.25) is 5.02 Å². The minimum absolute atomic E-state index is 0.0593. The van der Waals surface area contributed by atoms with Crippen LogP contribution in [0.4, 0.5) is 5.82 Å². The van der Waals surface area contributed by atoms with Crippen LogP contribution in [0.3, 0.4) is 0 Å². The predicted molar refractivity (Wildman–Crippen MR) is 80.8 cm³/mol. The van der Waals surface area contributed by atoms with Crippen molar-refractivity contribution in [2.24, 2.45) is 0 Å². The molecule has 0 unspecified atom stereocenters. The number of nitrogens with one attached hydrogen (secondary N) is 1. The van der Waals surface area contributed by atoms with E-state index in [2.05, 4.69) is 10.4 Å². The minimum atomic E-state index is -0.0593. The largest absolute Gasteiger partial charge is 0.311 e. The zero-order chi connectivity index (χ0) is 14.4. The van der Waals surface area contributed by atoms with Crippen LogP contribution in [-0.4, -0.2) is 15.7 Å². The Balaban J connectivity index is 2.07. The molecule has 2 rings (SSSR count). The van der Waals surface area contributed by atoms with Crippen molar-refractivity contribution in [1.29, 1.82) is 0 Å². The average molecular weight is 290 g/mol. The number of carbonyl (C=O) groups is 1. The van der Waals surface area contributed by atoms with Crippen LogP contribution in [0.1, 0.15) is 18.9 Å². The molecule has 1 aromatic heterocycles. The van der Waals surface area contributed by atoms with Gasteiger partial charge in [0.15, 0.2) is 0 Å². The van der Waals surface area contributed by atoms with Crippen molar-refractivity contribution in [2.75, 3.05) is 5.32 Å². The first-order chi connectivity index (χ1) is 9.69. The van der Waals surface area contributed by atoms with E-state index in [0.717, 1.165) is 5.56 Å². The summed E-state index contributed by atoms with van der Waals surface area (Å²) in [7, 11) is 0. The molecule has 0 fully saturated rings. The maximum Gasteiger partial charge on any atom is 0.229 e. The fraction of sp³-hybridized carbons (Fsp3) is 0.200. The Hall–Kier alpha value is -2.07. The number of carbonyl (C=O) groups excluding carboxylic acids is 1. The van der Waals surface area contributed by atoms with Crippen LogP contribution >= 0.6 is 11.6 Å². The number of hydrogen-bond acceptors (Lipinski definition) is 2. The molecule has 0 atom stereocenters. The first kappa shape index (κ1) is 14.3. The molecule has 1 heterocycles. The number of anilines is 1. The Kier molecular flexibility index (Phi) is 4.96. The topological polar surface area (TPSA) is 46.9 Å². The standard InChI is InChI=1S/C15H16ClN3O/c1-2-3-7-15(20)18-14-8-9-17-19(14)11-12-5-4-6-13(16)10-12/h2-6,8-10H,7,11H2,1H3,(H,18,20). The van der Waals surface area contributed by atoms with E-state index in [1.165, 1.54) is 0 Å². The fourth-order valence-electron chi connectivity index (χ4n) is 1.79. The monoisotopic (exact) mass is 289 g/mol. The van der Waals surface area contributed by atoms with Gasteiger partial charge in [0.05, 0.1) is 12.7 Å². The van der Waals surface area contributed by atoms with E-state index in [1.807, 2.05) is 43.3 Å². The van der Waals surface area contributed by atoms with Crippen LogP contribution in [-0.2, 0) is 11.3 Å². The molecule has 1 amide bonds. The summed E-state index contributed by atoms with van der Waals surface area (Å²) in [4.78, 5) is 11.7. The molecular weight excluding hydrogens is 274 g/mol. The summed E-state index contributed by atoms with van der Waals surface area (Å²) >= 11 is 5.96. The van der Waals surface area contributed by atoms with Gasteiger partial charge in [-0.1, -0.05) is 35.9 Å². The van der Waals surface area contributed by atoms with Crippen molar-refractivity contribution in [3.05, 3.63) is 59.3 Å². The van der Waals surface area contributed by atoms with Gasteiger partial charge < -0.3 is 5.32 Å². The molecule has 4 nitrogen and oxygen atoms in total. The maximum atomic E-state index is 11.7. The molecule has 0 aliphatic heterocycles. The van der Waals surface area contributed by atoms with Gasteiger partial charge in [-0.25, -0.2) is 4.68 Å². The molecule has 5 heteroatoms. The Morgan fingerprint density at radius 3 is 3.05 bits per heavy atom. The van der Waals surface area contributed by atoms with Gasteiger partial charge in [0.1, 0.15) is 5.82 Å². The molecule has 0 bridgehead atoms. The number of nitrogens with zero attached hydrogens (tertiary/aromatic N) is 2. The molecule has 0 saturated carbocycles. The highest BCUT2D eigenvalue weighted by molar-refractivity contribution is 6.30. The molecular formula is C15H16ClN3O. The number of aromatic nitrogens is 2. The average Bonchev–Trinajstić information content (AvgIpc) is 2.83. The minimum Gasteiger partial charge on any atom is -0.311 e. The lowest BCUT2D eigenvalue weighted by atomic mass is 10.2. The third kappa shape index (κ3) is 3.96. The van der Waals surface area contributed by atoms with Gasteiger partial charge in [-0.05, 0) is 24.6 Å². The van der Waals surface area contributed by atoms with E-state index < -0.39 is 0 Å². The lowest BCUT2D eigenvalue weighted by Crippen LogP contribution is -2.15. The van der Waals surface area contributed by atoms with Gasteiger partial charge in [0.25, 0.3) is 0 Å². The third-order valence-corrected chi connectivity index (χ3v) is 2.98. The lowest BCUT2D eigenvalue weighted by molar-refractivity contribution is -0.115. The van der Waals surface area contributed by atoms with Gasteiger partial charge in [0.2, 0.25) is 5.91 Å². The SMILES string of the molecule is CC=CCC(=O)Nc1ccnn1Cc1cccc(Cl)c1. The van der Waals surface area contributed by atoms with E-state index in [9.17, 15) is 4.79 Å². The Morgan fingerprint density at radius 1 is 1.45 bits per heavy atom. The molecule has 1 N–H and O–H groups in total. The molecule has 2 aromatic rings. The first-order valence-electron chi connectivity index (χ1n) is 6.36. The quantitative estimate of drug-likeness (QED) is 0.857. The third-order valence-electron chi connectivity index (χ3n) is 2.74. The number of allylic oxidation sites excluding steroid dienone is 1. The van der Waals surface area contributed by atoms with Crippen molar-refractivity contribution < 1.29 is 4.79 Å². The van der Waals surface area contributed by atoms with Gasteiger partial charge in [-0.2, -0.15) is 5.10 Å². The van der Waals surface area contributed by atoms with E-state index in [1.54, 1.807) is 16.9 Å². The molecule has 0 aliphatic rings. The van der Waals surface area contributed by atoms with Crippen molar-refractivity contribution >= 4 is 23.3 Å². The maximum absolute atomic E-state index is 11.7. The zero-order valence-electron chi connectivity index (χ0n) is 11.2. The highest BCUT2D eigenvalue weighted by Gasteiger charge is 2.06. The summed E-state index contributed by atoms with van der Waals surface area (Å²) in [6, 6.07) is 9.35. The molecule has 0 radical (unpaired) electrons. The Bertz CT molecular complexity index is 619. The molecule has 0 aliphatic carbocycles. The number of halogens is 1. The van der Waals surface area contributed by atoms with Crippen molar-refractivity contribution in [1.82, 2.24) is 9.78 Å². The number of benzene rings is 1. The van der Waals surface area contributed by atoms with Crippen LogP contribution in [0.25, 0.3) is 0 Å². The van der Waals surface area contributed by atoms with E-state index in [-0.39, 0.29) is 5.91 Å². The lowest BCUT2D eigenvalue weighted by Gasteiger charge is -2.08. The molecule has 104 valence electrons. The Labute approximate surface area is 123 Å². The molecule has 0 spiro atoms. The summed E-state index contributed by atoms with van der Waals surface area (Å²) in [5, 5.41) is 7.74. The number of amides is 1. The summed E-state index contributed by atoms with van der Waals surface area (Å²) in [5.74, 6) is 0.621. The second-order valence-corrected chi connectivity index (χ2v) is 4.76. The zero-order valence-corrected chi connectivity index (χ0v) is 12.0. The highest BCUT2D eigenvalue weighted by Crippen LogP contribution is 2.14. The van der Waals surface area contributed by atoms with E-state index in [4.69, 9.17) is 11.6 Å². The molecule has 1 aromatic carbocycles. The molecule has 0 saturated heterocycles. The van der Waals surface area contributed by atoms with Gasteiger partial charge >= 0.3 is 0 Å². The van der Waals surface area contributed by atoms with E-state index >= 15 is 0 Å². The first-order valence-corrected chi connectivity index (χ1v) is 6.74. The second-order valence-electron chi connectivity index (χ2n) is 4.33. The van der Waals surface area contributed by atoms with Crippen molar-refractivity contribution in [2.45, 2.75) is 19.9 Å². The summed E-state index contributed by atoms with van der Waals surface area (Å²) in [6.45, 7) is 2.45. The fourth-order valence-corrected chi connectivity index (χ4v) is 2.00. The van der Waals surface area contributed by atoms with Crippen LogP contribution in [0, 0.1) is 0 Å². The second kappa shape index (κ2) is 6.91. The van der Waals surface area contributed by atoms with Gasteiger partial charge in [-0.3, -0.25) is 4.79 Å². The summed E-state index contributed by atoms with van der Waals surface area (Å²) in [6.07, 6.45) is 5.69. The van der Waals surface area contributed by atoms with Crippen molar-refractivity contribution in [3.63, 3.8) is 0 Å². The number of hydrogen-bond donors (Lipinski definition) is 1. The normalized spacial score (nSPS) is 10.9. The number of rotatable bonds is 5. The van der Waals surface area contributed by atoms with E-state index in [0.29, 0.717) is 23.8 Å². The van der Waals surface area contributed by atoms with Gasteiger partial charge in [0, 0.05) is 17.5 Å². The van der Waals surface area contributed by atoms with Crippen LogP contribution < -0.4 is 5.32 Å². The van der Waals surface area contributed by atoms with Gasteiger partial charge in [-0.15, -0.1) is 0 Å². The van der Waals surface area contributed by atoms with Crippen molar-refractivity contribution in [3.8, 4) is 0 Å². The summed E-state index contributed by atoms with van der Waals surface area (Å²) in [5.41, 5.74) is 1.03. The smallest absolute Gasteiger partial charge is 0.229 e. The predicted octanol–water partition coefficient (Wildman–Crippen LogP) is 3.49. The molecule has 20 heavy (non-hydrogen) atoms. The summed E-state index contributed by atoms with van der Waals surface area (Å²) < 4.78 is 1.74. The van der Waals surface area contributed by atoms with Crippen LogP contribution in [0.15, 0.2) is 48.7 Å². The highest BCUT2D eigenvalue weighted by atomic mass is 35.5. The van der Waals surface area contributed by atoms with Crippen LogP contribution in [0.5, 0.6) is 0 Å².